The van der Waals surface area contributed by atoms with E-state index in [1.54, 1.807) is 30.7 Å². The van der Waals surface area contributed by atoms with Crippen LogP contribution >= 0.6 is 0 Å². The second-order valence-electron chi connectivity index (χ2n) is 5.91. The lowest BCUT2D eigenvalue weighted by Gasteiger charge is -2.13. The average molecular weight is 371 g/mol. The molecular weight excluding hydrogens is 350 g/mol. The van der Waals surface area contributed by atoms with Crippen LogP contribution in [0.25, 0.3) is 11.1 Å². The Morgan fingerprint density at radius 3 is 2.54 bits per heavy atom. The third-order valence-electron chi connectivity index (χ3n) is 3.95. The third kappa shape index (κ3) is 5.58. The van der Waals surface area contributed by atoms with Crippen molar-refractivity contribution in [3.63, 3.8) is 0 Å². The van der Waals surface area contributed by atoms with Crippen LogP contribution in [0.4, 0.5) is 5.69 Å². The Bertz CT molecular complexity index is 936. The minimum Gasteiger partial charge on any atom is -0.493 e. The summed E-state index contributed by atoms with van der Waals surface area (Å²) in [4.78, 5) is 7.73. The smallest absolute Gasteiger partial charge is 0.211 e. The number of guanidine groups is 1. The summed E-state index contributed by atoms with van der Waals surface area (Å²) in [6.45, 7) is 1.16. The number of aliphatic imine (C=N–C) groups is 1. The predicted molar refractivity (Wildman–Crippen MR) is 111 cm³/mol. The van der Waals surface area contributed by atoms with E-state index in [0.29, 0.717) is 19.1 Å². The molecule has 3 aromatic rings. The van der Waals surface area contributed by atoms with Gasteiger partial charge in [0.2, 0.25) is 12.2 Å². The van der Waals surface area contributed by atoms with Crippen molar-refractivity contribution in [3.8, 4) is 23.1 Å². The van der Waals surface area contributed by atoms with Crippen molar-refractivity contribution in [2.45, 2.75) is 6.42 Å². The number of pyridine rings is 1. The number of nitrogens with zero attached hydrogens (tertiary/aromatic N) is 3. The molecule has 28 heavy (non-hydrogen) atoms. The van der Waals surface area contributed by atoms with Gasteiger partial charge < -0.3 is 15.4 Å². The summed E-state index contributed by atoms with van der Waals surface area (Å²) in [5.41, 5.74) is 3.01. The van der Waals surface area contributed by atoms with Crippen molar-refractivity contribution < 1.29 is 4.74 Å². The van der Waals surface area contributed by atoms with E-state index in [4.69, 9.17) is 10.00 Å². The second-order valence-corrected chi connectivity index (χ2v) is 5.91. The number of benzene rings is 2. The molecule has 2 aromatic carbocycles. The Labute approximate surface area is 164 Å². The molecule has 0 aliphatic heterocycles. The molecule has 6 heteroatoms. The first-order valence-electron chi connectivity index (χ1n) is 9.02. The predicted octanol–water partition coefficient (Wildman–Crippen LogP) is 4.06. The highest BCUT2D eigenvalue weighted by atomic mass is 16.5. The highest BCUT2D eigenvalue weighted by molar-refractivity contribution is 5.94. The lowest BCUT2D eigenvalue weighted by molar-refractivity contribution is 0.312. The van der Waals surface area contributed by atoms with Gasteiger partial charge in [0.1, 0.15) is 5.75 Å². The summed E-state index contributed by atoms with van der Waals surface area (Å²) in [7, 11) is 0. The first-order valence-corrected chi connectivity index (χ1v) is 9.02. The molecule has 1 heterocycles. The normalized spacial score (nSPS) is 10.8. The Morgan fingerprint density at radius 2 is 1.75 bits per heavy atom. The fourth-order valence-corrected chi connectivity index (χ4v) is 2.64. The van der Waals surface area contributed by atoms with Crippen LogP contribution in [0, 0.1) is 11.5 Å². The van der Waals surface area contributed by atoms with Crippen LogP contribution in [-0.4, -0.2) is 24.1 Å². The number of para-hydroxylation sites is 1. The zero-order chi connectivity index (χ0) is 19.4. The van der Waals surface area contributed by atoms with Crippen LogP contribution in [-0.2, 0) is 0 Å². The summed E-state index contributed by atoms with van der Waals surface area (Å²) in [5.74, 6) is 1.26. The second kappa shape index (κ2) is 10.3. The number of hydrogen-bond acceptors (Lipinski definition) is 4. The SMILES string of the molecule is N#C/N=C(\NCCCOc1ccccc1-c1ccccc1)Nc1ccncc1. The molecule has 0 amide bonds. The van der Waals surface area contributed by atoms with Crippen molar-refractivity contribution in [2.24, 2.45) is 4.99 Å². The van der Waals surface area contributed by atoms with Gasteiger partial charge in [-0.1, -0.05) is 48.5 Å². The van der Waals surface area contributed by atoms with E-state index in [9.17, 15) is 0 Å². The van der Waals surface area contributed by atoms with E-state index in [2.05, 4.69) is 38.8 Å². The number of anilines is 1. The highest BCUT2D eigenvalue weighted by Crippen LogP contribution is 2.29. The first-order chi connectivity index (χ1) is 13.9. The van der Waals surface area contributed by atoms with Crippen molar-refractivity contribution >= 4 is 11.6 Å². The summed E-state index contributed by atoms with van der Waals surface area (Å²) in [5, 5.41) is 15.0. The van der Waals surface area contributed by atoms with Gasteiger partial charge in [0.15, 0.2) is 0 Å². The molecule has 0 fully saturated rings. The third-order valence-corrected chi connectivity index (χ3v) is 3.95. The molecule has 1 aromatic heterocycles. The molecule has 140 valence electrons. The van der Waals surface area contributed by atoms with Gasteiger partial charge in [0.05, 0.1) is 6.61 Å². The molecule has 3 rings (SSSR count). The Balaban J connectivity index is 1.50. The largest absolute Gasteiger partial charge is 0.493 e. The van der Waals surface area contributed by atoms with Gasteiger partial charge >= 0.3 is 0 Å². The van der Waals surface area contributed by atoms with E-state index in [0.717, 1.165) is 29.0 Å². The Morgan fingerprint density at radius 1 is 1.00 bits per heavy atom. The highest BCUT2D eigenvalue weighted by Gasteiger charge is 2.05. The van der Waals surface area contributed by atoms with Crippen LogP contribution in [0.5, 0.6) is 5.75 Å². The number of aromatic nitrogens is 1. The average Bonchev–Trinajstić information content (AvgIpc) is 2.75. The number of nitrogens with one attached hydrogen (secondary N) is 2. The van der Waals surface area contributed by atoms with Crippen molar-refractivity contribution in [1.82, 2.24) is 10.3 Å². The van der Waals surface area contributed by atoms with Crippen LogP contribution < -0.4 is 15.4 Å². The van der Waals surface area contributed by atoms with Crippen LogP contribution in [0.2, 0.25) is 0 Å². The molecule has 0 radical (unpaired) electrons. The summed E-state index contributed by atoms with van der Waals surface area (Å²) < 4.78 is 5.98. The first kappa shape index (κ1) is 18.9. The quantitative estimate of drug-likeness (QED) is 0.283. The zero-order valence-electron chi connectivity index (χ0n) is 15.4. The maximum absolute atomic E-state index is 8.85. The van der Waals surface area contributed by atoms with Crippen LogP contribution in [0.1, 0.15) is 6.42 Å². The lowest BCUT2D eigenvalue weighted by atomic mass is 10.1. The minimum absolute atomic E-state index is 0.401. The fraction of sp³-hybridized carbons (Fsp3) is 0.136. The Kier molecular flexibility index (Phi) is 6.99. The zero-order valence-corrected chi connectivity index (χ0v) is 15.4. The monoisotopic (exact) mass is 371 g/mol. The van der Waals surface area contributed by atoms with Crippen molar-refractivity contribution in [3.05, 3.63) is 79.1 Å². The van der Waals surface area contributed by atoms with Gasteiger partial charge in [-0.15, -0.1) is 4.99 Å². The number of rotatable bonds is 7. The molecule has 0 bridgehead atoms. The van der Waals surface area contributed by atoms with E-state index >= 15 is 0 Å². The molecule has 0 aliphatic rings. The molecule has 0 saturated heterocycles. The van der Waals surface area contributed by atoms with E-state index in [1.165, 1.54) is 0 Å². The van der Waals surface area contributed by atoms with Gasteiger partial charge in [-0.05, 0) is 30.2 Å². The maximum atomic E-state index is 8.85. The van der Waals surface area contributed by atoms with Gasteiger partial charge in [0, 0.05) is 30.2 Å². The molecular formula is C22H21N5O. The van der Waals surface area contributed by atoms with Crippen LogP contribution in [0.15, 0.2) is 84.1 Å². The molecule has 0 unspecified atom stereocenters. The molecule has 6 nitrogen and oxygen atoms in total. The maximum Gasteiger partial charge on any atom is 0.211 e. The summed E-state index contributed by atoms with van der Waals surface area (Å²) in [6, 6.07) is 21.8. The van der Waals surface area contributed by atoms with E-state index in [-0.39, 0.29) is 0 Å². The lowest BCUT2D eigenvalue weighted by Crippen LogP contribution is -2.32. The molecule has 0 spiro atoms. The number of nitriles is 1. The van der Waals surface area contributed by atoms with Gasteiger partial charge in [-0.2, -0.15) is 5.26 Å². The molecule has 0 aliphatic carbocycles. The van der Waals surface area contributed by atoms with Gasteiger partial charge in [-0.3, -0.25) is 4.98 Å². The van der Waals surface area contributed by atoms with E-state index < -0.39 is 0 Å². The van der Waals surface area contributed by atoms with Crippen molar-refractivity contribution in [1.29, 1.82) is 5.26 Å². The number of ether oxygens (including phenoxy) is 1. The minimum atomic E-state index is 0.401. The molecule has 0 atom stereocenters. The summed E-state index contributed by atoms with van der Waals surface area (Å²) in [6.07, 6.45) is 5.89. The molecule has 2 N–H and O–H groups in total. The topological polar surface area (TPSA) is 82.3 Å². The fourth-order valence-electron chi connectivity index (χ4n) is 2.64. The standard InChI is InChI=1S/C22H21N5O/c23-17-26-22(27-19-11-14-24-15-12-19)25-13-6-16-28-21-10-5-4-9-20(21)18-7-2-1-3-8-18/h1-5,7-12,14-15H,6,13,16H2,(H2,24,25,26,27). The van der Waals surface area contributed by atoms with E-state index in [1.807, 2.05) is 36.4 Å². The van der Waals surface area contributed by atoms with Crippen molar-refractivity contribution in [2.75, 3.05) is 18.5 Å². The summed E-state index contributed by atoms with van der Waals surface area (Å²) >= 11 is 0. The van der Waals surface area contributed by atoms with Crippen LogP contribution in [0.3, 0.4) is 0 Å². The number of hydrogen-bond donors (Lipinski definition) is 2. The van der Waals surface area contributed by atoms with Gasteiger partial charge in [0.25, 0.3) is 0 Å². The molecule has 0 saturated carbocycles. The Hall–Kier alpha value is -3.85. The van der Waals surface area contributed by atoms with Gasteiger partial charge in [-0.25, -0.2) is 0 Å².